The minimum atomic E-state index is 0.0427. The quantitative estimate of drug-likeness (QED) is 0.605. The van der Waals surface area contributed by atoms with Crippen molar-refractivity contribution in [1.82, 2.24) is 4.90 Å². The van der Waals surface area contributed by atoms with Crippen LogP contribution in [0, 0.1) is 5.41 Å². The maximum atomic E-state index is 11.4. The van der Waals surface area contributed by atoms with Gasteiger partial charge >= 0.3 is 0 Å². The summed E-state index contributed by atoms with van der Waals surface area (Å²) in [5.74, 6) is 0.0597. The summed E-state index contributed by atoms with van der Waals surface area (Å²) in [6.07, 6.45) is 1.91. The van der Waals surface area contributed by atoms with Crippen molar-refractivity contribution in [2.24, 2.45) is 5.41 Å². The summed E-state index contributed by atoms with van der Waals surface area (Å²) in [5.41, 5.74) is 1.87. The van der Waals surface area contributed by atoms with Crippen molar-refractivity contribution in [3.05, 3.63) is 24.4 Å². The average molecular weight is 207 g/mol. The lowest BCUT2D eigenvalue weighted by molar-refractivity contribution is -0.127. The van der Waals surface area contributed by atoms with Crippen LogP contribution >= 0.6 is 0 Å². The van der Waals surface area contributed by atoms with Crippen LogP contribution in [-0.2, 0) is 9.53 Å². The lowest BCUT2D eigenvalue weighted by Crippen LogP contribution is -2.34. The zero-order chi connectivity index (χ0) is 11.1. The van der Waals surface area contributed by atoms with Gasteiger partial charge < -0.3 is 9.64 Å². The molecule has 0 radical (unpaired) electrons. The van der Waals surface area contributed by atoms with Crippen LogP contribution in [0.5, 0.6) is 0 Å². The fourth-order valence-electron chi connectivity index (χ4n) is 2.49. The van der Waals surface area contributed by atoms with Gasteiger partial charge in [0, 0.05) is 37.8 Å². The summed E-state index contributed by atoms with van der Waals surface area (Å²) in [5, 5.41) is 0. The van der Waals surface area contributed by atoms with Crippen LogP contribution in [0.25, 0.3) is 0 Å². The Morgan fingerprint density at radius 1 is 1.40 bits per heavy atom. The number of amides is 1. The SMILES string of the molecule is C=C1C(=C)C2(CCOCC2)CN1C(C)=O. The van der Waals surface area contributed by atoms with Crippen molar-refractivity contribution in [2.45, 2.75) is 19.8 Å². The molecule has 0 aromatic rings. The molecular formula is C12H17NO2. The first-order valence-corrected chi connectivity index (χ1v) is 5.31. The molecule has 3 nitrogen and oxygen atoms in total. The minimum absolute atomic E-state index is 0.0427. The molecule has 2 fully saturated rings. The fourth-order valence-corrected chi connectivity index (χ4v) is 2.49. The van der Waals surface area contributed by atoms with E-state index in [1.54, 1.807) is 11.8 Å². The summed E-state index contributed by atoms with van der Waals surface area (Å²) >= 11 is 0. The van der Waals surface area contributed by atoms with E-state index in [2.05, 4.69) is 13.2 Å². The Hall–Kier alpha value is -1.09. The number of hydrogen-bond acceptors (Lipinski definition) is 2. The van der Waals surface area contributed by atoms with E-state index in [0.717, 1.165) is 43.9 Å². The van der Waals surface area contributed by atoms with Gasteiger partial charge in [-0.2, -0.15) is 0 Å². The Morgan fingerprint density at radius 3 is 2.47 bits per heavy atom. The van der Waals surface area contributed by atoms with Gasteiger partial charge in [0.05, 0.1) is 0 Å². The predicted octanol–water partition coefficient (Wildman–Crippen LogP) is 1.72. The van der Waals surface area contributed by atoms with E-state index in [9.17, 15) is 4.79 Å². The maximum absolute atomic E-state index is 11.4. The molecule has 1 spiro atoms. The van der Waals surface area contributed by atoms with E-state index in [1.165, 1.54) is 0 Å². The molecule has 15 heavy (non-hydrogen) atoms. The van der Waals surface area contributed by atoms with E-state index < -0.39 is 0 Å². The molecule has 3 heteroatoms. The number of hydrogen-bond donors (Lipinski definition) is 0. The van der Waals surface area contributed by atoms with E-state index in [-0.39, 0.29) is 11.3 Å². The molecule has 2 saturated heterocycles. The molecule has 2 aliphatic rings. The molecular weight excluding hydrogens is 190 g/mol. The maximum Gasteiger partial charge on any atom is 0.223 e. The zero-order valence-corrected chi connectivity index (χ0v) is 9.21. The normalized spacial score (nSPS) is 25.0. The lowest BCUT2D eigenvalue weighted by Gasteiger charge is -2.33. The van der Waals surface area contributed by atoms with Crippen molar-refractivity contribution < 1.29 is 9.53 Å². The number of carbonyl (C=O) groups is 1. The lowest BCUT2D eigenvalue weighted by atomic mass is 9.76. The van der Waals surface area contributed by atoms with Gasteiger partial charge in [-0.05, 0) is 18.4 Å². The van der Waals surface area contributed by atoms with Crippen LogP contribution in [0.3, 0.4) is 0 Å². The van der Waals surface area contributed by atoms with Crippen molar-refractivity contribution in [2.75, 3.05) is 19.8 Å². The summed E-state index contributed by atoms with van der Waals surface area (Å²) in [7, 11) is 0. The van der Waals surface area contributed by atoms with Crippen molar-refractivity contribution in [1.29, 1.82) is 0 Å². The van der Waals surface area contributed by atoms with Crippen LogP contribution in [0.2, 0.25) is 0 Å². The molecule has 0 atom stereocenters. The van der Waals surface area contributed by atoms with Crippen molar-refractivity contribution >= 4 is 5.91 Å². The first-order chi connectivity index (χ1) is 7.07. The van der Waals surface area contributed by atoms with Gasteiger partial charge in [0.2, 0.25) is 5.91 Å². The molecule has 82 valence electrons. The molecule has 2 aliphatic heterocycles. The Morgan fingerprint density at radius 2 is 2.00 bits per heavy atom. The van der Waals surface area contributed by atoms with Crippen LogP contribution in [0.4, 0.5) is 0 Å². The summed E-state index contributed by atoms with van der Waals surface area (Å²) < 4.78 is 5.36. The second-order valence-electron chi connectivity index (χ2n) is 4.42. The Balaban J connectivity index is 2.25. The van der Waals surface area contributed by atoms with Crippen molar-refractivity contribution in [3.63, 3.8) is 0 Å². The van der Waals surface area contributed by atoms with E-state index in [4.69, 9.17) is 4.74 Å². The third-order valence-corrected chi connectivity index (χ3v) is 3.61. The Kier molecular flexibility index (Phi) is 2.43. The highest BCUT2D eigenvalue weighted by Crippen LogP contribution is 2.47. The first kappa shape index (κ1) is 10.4. The monoisotopic (exact) mass is 207 g/mol. The molecule has 2 rings (SSSR count). The summed E-state index contributed by atoms with van der Waals surface area (Å²) in [4.78, 5) is 13.2. The van der Waals surface area contributed by atoms with Crippen LogP contribution in [0.1, 0.15) is 19.8 Å². The minimum Gasteiger partial charge on any atom is -0.381 e. The molecule has 0 unspecified atom stereocenters. The fraction of sp³-hybridized carbons (Fsp3) is 0.583. The van der Waals surface area contributed by atoms with Gasteiger partial charge in [-0.25, -0.2) is 0 Å². The molecule has 0 aromatic heterocycles. The van der Waals surface area contributed by atoms with Crippen LogP contribution in [0.15, 0.2) is 24.4 Å². The molecule has 1 amide bonds. The first-order valence-electron chi connectivity index (χ1n) is 5.31. The second-order valence-corrected chi connectivity index (χ2v) is 4.42. The van der Waals surface area contributed by atoms with E-state index >= 15 is 0 Å². The third-order valence-electron chi connectivity index (χ3n) is 3.61. The highest BCUT2D eigenvalue weighted by molar-refractivity contribution is 5.77. The smallest absolute Gasteiger partial charge is 0.223 e. The Bertz CT molecular complexity index is 327. The topological polar surface area (TPSA) is 29.5 Å². The van der Waals surface area contributed by atoms with Gasteiger partial charge in [0.1, 0.15) is 0 Å². The number of allylic oxidation sites excluding steroid dienone is 1. The van der Waals surface area contributed by atoms with Crippen molar-refractivity contribution in [3.8, 4) is 0 Å². The standard InChI is InChI=1S/C12H17NO2/c1-9-10(2)13(11(3)14)8-12(9)4-6-15-7-5-12/h1-2,4-8H2,3H3. The molecule has 0 aliphatic carbocycles. The number of carbonyl (C=O) groups excluding carboxylic acids is 1. The Labute approximate surface area is 90.4 Å². The largest absolute Gasteiger partial charge is 0.381 e. The number of nitrogens with zero attached hydrogens (tertiary/aromatic N) is 1. The molecule has 0 aromatic carbocycles. The van der Waals surface area contributed by atoms with Gasteiger partial charge in [0.15, 0.2) is 0 Å². The molecule has 0 N–H and O–H groups in total. The highest BCUT2D eigenvalue weighted by Gasteiger charge is 2.45. The van der Waals surface area contributed by atoms with Gasteiger partial charge in [0.25, 0.3) is 0 Å². The number of rotatable bonds is 0. The molecule has 2 heterocycles. The van der Waals surface area contributed by atoms with Crippen LogP contribution in [-0.4, -0.2) is 30.6 Å². The summed E-state index contributed by atoms with van der Waals surface area (Å²) in [6, 6.07) is 0. The highest BCUT2D eigenvalue weighted by atomic mass is 16.5. The molecule has 0 saturated carbocycles. The summed E-state index contributed by atoms with van der Waals surface area (Å²) in [6.45, 7) is 11.9. The van der Waals surface area contributed by atoms with Crippen LogP contribution < -0.4 is 0 Å². The van der Waals surface area contributed by atoms with E-state index in [0.29, 0.717) is 0 Å². The van der Waals surface area contributed by atoms with E-state index in [1.807, 2.05) is 0 Å². The zero-order valence-electron chi connectivity index (χ0n) is 9.21. The second kappa shape index (κ2) is 3.49. The van der Waals surface area contributed by atoms with Gasteiger partial charge in [-0.3, -0.25) is 4.79 Å². The third kappa shape index (κ3) is 1.51. The van der Waals surface area contributed by atoms with Gasteiger partial charge in [-0.15, -0.1) is 0 Å². The molecule has 0 bridgehead atoms. The number of ether oxygens (including phenoxy) is 1. The predicted molar refractivity (Wildman–Crippen MR) is 58.2 cm³/mol. The van der Waals surface area contributed by atoms with Gasteiger partial charge in [-0.1, -0.05) is 13.2 Å². The number of likely N-dealkylation sites (tertiary alicyclic amines) is 1. The average Bonchev–Trinajstić information content (AvgIpc) is 2.46.